The lowest BCUT2D eigenvalue weighted by molar-refractivity contribution is -0.158. The molecule has 0 aliphatic rings. The number of carbonyl (C=O) groups excluding carboxylic acids is 1. The highest BCUT2D eigenvalue weighted by Crippen LogP contribution is 2.18. The summed E-state index contributed by atoms with van der Waals surface area (Å²) in [6, 6.07) is 6.58. The minimum atomic E-state index is -1.93. The lowest BCUT2D eigenvalue weighted by Gasteiger charge is -2.17. The van der Waals surface area contributed by atoms with Gasteiger partial charge in [-0.15, -0.1) is 0 Å². The molecule has 0 bridgehead atoms. The van der Waals surface area contributed by atoms with Crippen molar-refractivity contribution in [3.8, 4) is 0 Å². The molecule has 1 rings (SSSR count). The number of carbonyl (C=O) groups is 1. The molecular formula is C11H15FN2O3. The van der Waals surface area contributed by atoms with Crippen molar-refractivity contribution in [2.45, 2.75) is 12.5 Å². The van der Waals surface area contributed by atoms with E-state index in [1.807, 2.05) is 0 Å². The van der Waals surface area contributed by atoms with Gasteiger partial charge in [0.05, 0.1) is 11.4 Å². The number of halogens is 1. The fourth-order valence-electron chi connectivity index (χ4n) is 1.27. The third-order valence-electron chi connectivity index (χ3n) is 2.17. The van der Waals surface area contributed by atoms with Crippen molar-refractivity contribution in [1.82, 2.24) is 0 Å². The average molecular weight is 242 g/mol. The third kappa shape index (κ3) is 3.40. The first-order valence-corrected chi connectivity index (χ1v) is 4.95. The summed E-state index contributed by atoms with van der Waals surface area (Å²) in [6.45, 7) is 0. The quantitative estimate of drug-likeness (QED) is 0.600. The normalized spacial score (nSPS) is 12.5. The molecule has 0 aliphatic heterocycles. The van der Waals surface area contributed by atoms with Gasteiger partial charge in [-0.05, 0) is 12.1 Å². The second-order valence-electron chi connectivity index (χ2n) is 3.32. The molecule has 0 fully saturated rings. The van der Waals surface area contributed by atoms with Crippen molar-refractivity contribution in [3.05, 3.63) is 24.3 Å². The van der Waals surface area contributed by atoms with Crippen LogP contribution in [0.25, 0.3) is 0 Å². The summed E-state index contributed by atoms with van der Waals surface area (Å²) in [4.78, 5) is 11.5. The lowest BCUT2D eigenvalue weighted by atomic mass is 10.2. The molecule has 0 spiro atoms. The molecule has 0 heterocycles. The number of nitrogen functional groups attached to an aromatic ring is 1. The average Bonchev–Trinajstić information content (AvgIpc) is 2.33. The van der Waals surface area contributed by atoms with E-state index in [4.69, 9.17) is 5.73 Å². The van der Waals surface area contributed by atoms with Gasteiger partial charge in [-0.3, -0.25) is 4.79 Å². The summed E-state index contributed by atoms with van der Waals surface area (Å²) in [5.41, 5.74) is 6.32. The van der Waals surface area contributed by atoms with E-state index in [1.165, 1.54) is 14.2 Å². The van der Waals surface area contributed by atoms with Crippen LogP contribution in [0, 0.1) is 0 Å². The molecule has 3 N–H and O–H groups in total. The van der Waals surface area contributed by atoms with E-state index in [2.05, 4.69) is 14.8 Å². The molecule has 5 nitrogen and oxygen atoms in total. The Kier molecular flexibility index (Phi) is 4.86. The number of benzene rings is 1. The topological polar surface area (TPSA) is 73.6 Å². The summed E-state index contributed by atoms with van der Waals surface area (Å²) >= 11 is 0. The van der Waals surface area contributed by atoms with Crippen LogP contribution < -0.4 is 11.1 Å². The summed E-state index contributed by atoms with van der Waals surface area (Å²) < 4.78 is 22.9. The van der Waals surface area contributed by atoms with Gasteiger partial charge in [-0.1, -0.05) is 12.1 Å². The Morgan fingerprint density at radius 3 is 2.47 bits per heavy atom. The Balaban J connectivity index is 2.69. The minimum absolute atomic E-state index is 0.353. The molecule has 0 radical (unpaired) electrons. The largest absolute Gasteiger partial charge is 0.397 e. The molecule has 94 valence electrons. The van der Waals surface area contributed by atoms with Crippen LogP contribution in [0.1, 0.15) is 0 Å². The zero-order valence-corrected chi connectivity index (χ0v) is 9.64. The predicted octanol–water partition coefficient (Wildman–Crippen LogP) is 1.16. The highest BCUT2D eigenvalue weighted by molar-refractivity contribution is 5.96. The maximum Gasteiger partial charge on any atom is 0.264 e. The number of amides is 1. The van der Waals surface area contributed by atoms with E-state index in [9.17, 15) is 9.18 Å². The van der Waals surface area contributed by atoms with Gasteiger partial charge in [0.25, 0.3) is 5.91 Å². The number of hydrogen-bond acceptors (Lipinski definition) is 4. The fourth-order valence-corrected chi connectivity index (χ4v) is 1.27. The fraction of sp³-hybridized carbons (Fsp3) is 0.364. The van der Waals surface area contributed by atoms with Gasteiger partial charge in [0.2, 0.25) is 6.17 Å². The molecule has 1 aromatic rings. The van der Waals surface area contributed by atoms with Gasteiger partial charge in [-0.25, -0.2) is 4.39 Å². The SMILES string of the molecule is COC(OC)[C@H](F)C(=O)Nc1ccccc1N. The Labute approximate surface area is 98.7 Å². The molecule has 0 aromatic heterocycles. The van der Waals surface area contributed by atoms with Gasteiger partial charge in [0.15, 0.2) is 6.29 Å². The Morgan fingerprint density at radius 1 is 1.35 bits per heavy atom. The van der Waals surface area contributed by atoms with E-state index in [0.717, 1.165) is 0 Å². The van der Waals surface area contributed by atoms with Crippen molar-refractivity contribution < 1.29 is 18.7 Å². The number of nitrogens with one attached hydrogen (secondary N) is 1. The van der Waals surface area contributed by atoms with Gasteiger partial charge in [-0.2, -0.15) is 0 Å². The summed E-state index contributed by atoms with van der Waals surface area (Å²) in [5, 5.41) is 2.36. The maximum absolute atomic E-state index is 13.6. The lowest BCUT2D eigenvalue weighted by Crippen LogP contribution is -2.37. The zero-order valence-electron chi connectivity index (χ0n) is 9.64. The van der Waals surface area contributed by atoms with Gasteiger partial charge >= 0.3 is 0 Å². The number of rotatable bonds is 5. The van der Waals surface area contributed by atoms with E-state index in [1.54, 1.807) is 24.3 Å². The molecule has 6 heteroatoms. The number of hydrogen-bond donors (Lipinski definition) is 2. The van der Waals surface area contributed by atoms with E-state index >= 15 is 0 Å². The number of methoxy groups -OCH3 is 2. The van der Waals surface area contributed by atoms with Crippen LogP contribution in [0.4, 0.5) is 15.8 Å². The first-order chi connectivity index (χ1) is 8.10. The minimum Gasteiger partial charge on any atom is -0.397 e. The van der Waals surface area contributed by atoms with Gasteiger partial charge in [0, 0.05) is 14.2 Å². The van der Waals surface area contributed by atoms with Gasteiger partial charge < -0.3 is 20.5 Å². The summed E-state index contributed by atoms with van der Waals surface area (Å²) in [7, 11) is 2.51. The third-order valence-corrected chi connectivity index (χ3v) is 2.17. The maximum atomic E-state index is 13.6. The van der Waals surface area contributed by atoms with Crippen LogP contribution in [0.3, 0.4) is 0 Å². The number of ether oxygens (including phenoxy) is 2. The Morgan fingerprint density at radius 2 is 1.94 bits per heavy atom. The number of nitrogens with two attached hydrogens (primary N) is 1. The van der Waals surface area contributed by atoms with Crippen LogP contribution in [0.15, 0.2) is 24.3 Å². The highest BCUT2D eigenvalue weighted by Gasteiger charge is 2.28. The van der Waals surface area contributed by atoms with Crippen molar-refractivity contribution in [1.29, 1.82) is 0 Å². The molecular weight excluding hydrogens is 227 g/mol. The molecule has 17 heavy (non-hydrogen) atoms. The van der Waals surface area contributed by atoms with Crippen molar-refractivity contribution in [3.63, 3.8) is 0 Å². The van der Waals surface area contributed by atoms with Crippen LogP contribution in [-0.4, -0.2) is 32.6 Å². The molecule has 0 unspecified atom stereocenters. The van der Waals surface area contributed by atoms with Crippen LogP contribution in [0.2, 0.25) is 0 Å². The Bertz CT molecular complexity index is 383. The number of alkyl halides is 1. The smallest absolute Gasteiger partial charge is 0.264 e. The summed E-state index contributed by atoms with van der Waals surface area (Å²) in [5.74, 6) is -0.864. The monoisotopic (exact) mass is 242 g/mol. The van der Waals surface area contributed by atoms with Gasteiger partial charge in [0.1, 0.15) is 0 Å². The van der Waals surface area contributed by atoms with Crippen LogP contribution in [0.5, 0.6) is 0 Å². The van der Waals surface area contributed by atoms with Crippen molar-refractivity contribution >= 4 is 17.3 Å². The standard InChI is InChI=1S/C11H15FN2O3/c1-16-11(17-2)9(12)10(15)14-8-6-4-3-5-7(8)13/h3-6,9,11H,13H2,1-2H3,(H,14,15)/t9-/m1/s1. The molecule has 0 saturated carbocycles. The van der Waals surface area contributed by atoms with E-state index in [-0.39, 0.29) is 0 Å². The molecule has 1 atom stereocenters. The summed E-state index contributed by atoms with van der Waals surface area (Å²) in [6.07, 6.45) is -3.16. The molecule has 1 amide bonds. The second-order valence-corrected chi connectivity index (χ2v) is 3.32. The first kappa shape index (κ1) is 13.4. The Hall–Kier alpha value is -1.66. The number of anilines is 2. The van der Waals surface area contributed by atoms with Crippen molar-refractivity contribution in [2.75, 3.05) is 25.3 Å². The van der Waals surface area contributed by atoms with Crippen LogP contribution in [-0.2, 0) is 14.3 Å². The van der Waals surface area contributed by atoms with Crippen LogP contribution >= 0.6 is 0 Å². The predicted molar refractivity (Wildman–Crippen MR) is 62.2 cm³/mol. The van der Waals surface area contributed by atoms with Crippen molar-refractivity contribution in [2.24, 2.45) is 0 Å². The first-order valence-electron chi connectivity index (χ1n) is 4.95. The second kappa shape index (κ2) is 6.17. The molecule has 0 saturated heterocycles. The molecule has 1 aromatic carbocycles. The number of para-hydroxylation sites is 2. The van der Waals surface area contributed by atoms with E-state index < -0.39 is 18.4 Å². The molecule has 0 aliphatic carbocycles. The van der Waals surface area contributed by atoms with E-state index in [0.29, 0.717) is 11.4 Å². The zero-order chi connectivity index (χ0) is 12.8. The highest BCUT2D eigenvalue weighted by atomic mass is 19.1.